The Morgan fingerprint density at radius 1 is 1.03 bits per heavy atom. The number of aromatic nitrogens is 4. The highest BCUT2D eigenvalue weighted by molar-refractivity contribution is 6.35. The van der Waals surface area contributed by atoms with E-state index in [-0.39, 0.29) is 13.3 Å². The van der Waals surface area contributed by atoms with Crippen LogP contribution in [-0.2, 0) is 27.2 Å². The van der Waals surface area contributed by atoms with Gasteiger partial charge in [0.15, 0.2) is 22.7 Å². The first kappa shape index (κ1) is 21.4. The Balaban J connectivity index is 1.50. The van der Waals surface area contributed by atoms with Gasteiger partial charge in [-0.1, -0.05) is 35.3 Å². The lowest BCUT2D eigenvalue weighted by Gasteiger charge is -2.10. The van der Waals surface area contributed by atoms with Gasteiger partial charge in [0.2, 0.25) is 12.7 Å². The van der Waals surface area contributed by atoms with Gasteiger partial charge in [-0.3, -0.25) is 13.9 Å². The van der Waals surface area contributed by atoms with Crippen molar-refractivity contribution in [2.75, 3.05) is 12.1 Å². The number of rotatable bonds is 5. The highest BCUT2D eigenvalue weighted by Crippen LogP contribution is 2.32. The first-order chi connectivity index (χ1) is 15.8. The van der Waals surface area contributed by atoms with Crippen LogP contribution in [0.5, 0.6) is 11.5 Å². The van der Waals surface area contributed by atoms with E-state index in [1.54, 1.807) is 36.9 Å². The zero-order valence-corrected chi connectivity index (χ0v) is 19.3. The summed E-state index contributed by atoms with van der Waals surface area (Å²) in [7, 11) is 3.31. The Kier molecular flexibility index (Phi) is 5.30. The molecule has 0 unspecified atom stereocenters. The van der Waals surface area contributed by atoms with Crippen molar-refractivity contribution < 1.29 is 9.47 Å². The van der Waals surface area contributed by atoms with Gasteiger partial charge in [-0.25, -0.2) is 4.79 Å². The van der Waals surface area contributed by atoms with Gasteiger partial charge in [-0.2, -0.15) is 4.98 Å². The number of ether oxygens (including phenoxy) is 2. The van der Waals surface area contributed by atoms with E-state index in [1.165, 1.54) is 4.57 Å². The average molecular weight is 488 g/mol. The van der Waals surface area contributed by atoms with Crippen LogP contribution in [-0.4, -0.2) is 25.5 Å². The third-order valence-corrected chi connectivity index (χ3v) is 6.18. The number of aryl methyl sites for hydroxylation is 2. The summed E-state index contributed by atoms with van der Waals surface area (Å²) in [6.07, 6.45) is 0. The van der Waals surface area contributed by atoms with Crippen LogP contribution < -0.4 is 26.0 Å². The second-order valence-electron chi connectivity index (χ2n) is 7.68. The largest absolute Gasteiger partial charge is 0.454 e. The number of halogens is 2. The fraction of sp³-hybridized carbons (Fsp3) is 0.227. The van der Waals surface area contributed by atoms with Crippen molar-refractivity contribution in [3.05, 3.63) is 78.4 Å². The number of nitrogens with zero attached hydrogens (tertiary/aromatic N) is 4. The van der Waals surface area contributed by atoms with Gasteiger partial charge in [0, 0.05) is 30.7 Å². The standard InChI is InChI=1S/C22H19Cl2N5O4/c1-27-18-19(26-21(27)25-9-12-3-6-16-17(7-12)33-11-32-16)28(2)22(31)29(20(18)30)10-13-4-5-14(23)8-15(13)24/h3-8H,9-11H2,1-2H3,(H,25,26). The molecule has 33 heavy (non-hydrogen) atoms. The van der Waals surface area contributed by atoms with Gasteiger partial charge in [0.25, 0.3) is 5.56 Å². The van der Waals surface area contributed by atoms with Gasteiger partial charge in [-0.15, -0.1) is 0 Å². The van der Waals surface area contributed by atoms with E-state index in [0.717, 1.165) is 10.1 Å². The number of benzene rings is 2. The van der Waals surface area contributed by atoms with Gasteiger partial charge >= 0.3 is 5.69 Å². The molecule has 0 radical (unpaired) electrons. The Morgan fingerprint density at radius 2 is 1.82 bits per heavy atom. The van der Waals surface area contributed by atoms with Crippen molar-refractivity contribution in [3.8, 4) is 11.5 Å². The minimum Gasteiger partial charge on any atom is -0.454 e. The lowest BCUT2D eigenvalue weighted by Crippen LogP contribution is -2.39. The molecule has 4 aromatic rings. The Morgan fingerprint density at radius 3 is 2.61 bits per heavy atom. The molecular weight excluding hydrogens is 469 g/mol. The summed E-state index contributed by atoms with van der Waals surface area (Å²) in [5.41, 5.74) is 1.22. The van der Waals surface area contributed by atoms with Crippen molar-refractivity contribution in [2.24, 2.45) is 14.1 Å². The van der Waals surface area contributed by atoms with E-state index < -0.39 is 11.2 Å². The van der Waals surface area contributed by atoms with E-state index in [1.807, 2.05) is 18.2 Å². The Hall–Kier alpha value is -3.43. The number of anilines is 1. The summed E-state index contributed by atoms with van der Waals surface area (Å²) in [6.45, 7) is 0.664. The molecule has 2 aromatic heterocycles. The molecular formula is C22H19Cl2N5O4. The first-order valence-electron chi connectivity index (χ1n) is 10.1. The molecule has 9 nitrogen and oxygen atoms in total. The second-order valence-corrected chi connectivity index (χ2v) is 8.52. The zero-order chi connectivity index (χ0) is 23.3. The van der Waals surface area contributed by atoms with Crippen molar-refractivity contribution in [3.63, 3.8) is 0 Å². The predicted molar refractivity (Wildman–Crippen MR) is 126 cm³/mol. The van der Waals surface area contributed by atoms with Gasteiger partial charge in [0.05, 0.1) is 6.54 Å². The molecule has 11 heteroatoms. The lowest BCUT2D eigenvalue weighted by molar-refractivity contribution is 0.174. The smallest absolute Gasteiger partial charge is 0.332 e. The molecule has 3 heterocycles. The SMILES string of the molecule is Cn1c(NCc2ccc3c(c2)OCO3)nc2c1c(=O)n(Cc1ccc(Cl)cc1Cl)c(=O)n2C. The minimum absolute atomic E-state index is 0.0165. The summed E-state index contributed by atoms with van der Waals surface area (Å²) in [4.78, 5) is 30.7. The third kappa shape index (κ3) is 3.73. The van der Waals surface area contributed by atoms with Gasteiger partial charge < -0.3 is 19.4 Å². The van der Waals surface area contributed by atoms with E-state index in [0.29, 0.717) is 50.8 Å². The van der Waals surface area contributed by atoms with Gasteiger partial charge in [-0.05, 0) is 35.4 Å². The van der Waals surface area contributed by atoms with Crippen molar-refractivity contribution >= 4 is 40.3 Å². The molecule has 5 rings (SSSR count). The summed E-state index contributed by atoms with van der Waals surface area (Å²) >= 11 is 12.2. The van der Waals surface area contributed by atoms with Crippen LogP contribution >= 0.6 is 23.2 Å². The molecule has 0 saturated carbocycles. The number of fused-ring (bicyclic) bond motifs is 2. The summed E-state index contributed by atoms with van der Waals surface area (Å²) in [6, 6.07) is 10.6. The maximum atomic E-state index is 13.3. The molecule has 0 saturated heterocycles. The molecule has 0 fully saturated rings. The molecule has 170 valence electrons. The van der Waals surface area contributed by atoms with E-state index in [2.05, 4.69) is 10.3 Å². The molecule has 2 aromatic carbocycles. The molecule has 1 N–H and O–H groups in total. The number of nitrogens with one attached hydrogen (secondary N) is 1. The third-order valence-electron chi connectivity index (χ3n) is 5.59. The van der Waals surface area contributed by atoms with Crippen molar-refractivity contribution in [2.45, 2.75) is 13.1 Å². The summed E-state index contributed by atoms with van der Waals surface area (Å²) < 4.78 is 14.9. The predicted octanol–water partition coefficient (Wildman–Crippen LogP) is 3.13. The molecule has 0 aliphatic carbocycles. The van der Waals surface area contributed by atoms with E-state index in [4.69, 9.17) is 32.7 Å². The second kappa shape index (κ2) is 8.17. The highest BCUT2D eigenvalue weighted by Gasteiger charge is 2.20. The molecule has 0 atom stereocenters. The number of hydrogen-bond donors (Lipinski definition) is 1. The Labute approximate surface area is 197 Å². The molecule has 0 bridgehead atoms. The van der Waals surface area contributed by atoms with Crippen LogP contribution in [0, 0.1) is 0 Å². The van der Waals surface area contributed by atoms with Crippen molar-refractivity contribution in [1.82, 2.24) is 18.7 Å². The number of hydrogen-bond acceptors (Lipinski definition) is 6. The van der Waals surface area contributed by atoms with Crippen LogP contribution in [0.15, 0.2) is 46.0 Å². The Bertz CT molecular complexity index is 1520. The minimum atomic E-state index is -0.487. The zero-order valence-electron chi connectivity index (χ0n) is 17.8. The van der Waals surface area contributed by atoms with Crippen LogP contribution in [0.4, 0.5) is 5.95 Å². The molecule has 1 aliphatic heterocycles. The lowest BCUT2D eigenvalue weighted by atomic mass is 10.2. The summed E-state index contributed by atoms with van der Waals surface area (Å²) in [5.74, 6) is 1.85. The normalized spacial score (nSPS) is 12.5. The molecule has 0 amide bonds. The maximum Gasteiger partial charge on any atom is 0.332 e. The van der Waals surface area contributed by atoms with E-state index >= 15 is 0 Å². The van der Waals surface area contributed by atoms with Crippen LogP contribution in [0.2, 0.25) is 10.0 Å². The van der Waals surface area contributed by atoms with Crippen LogP contribution in [0.3, 0.4) is 0 Å². The van der Waals surface area contributed by atoms with Crippen LogP contribution in [0.1, 0.15) is 11.1 Å². The average Bonchev–Trinajstić information content (AvgIpc) is 3.39. The monoisotopic (exact) mass is 487 g/mol. The first-order valence-corrected chi connectivity index (χ1v) is 10.8. The highest BCUT2D eigenvalue weighted by atomic mass is 35.5. The molecule has 1 aliphatic rings. The topological polar surface area (TPSA) is 92.3 Å². The summed E-state index contributed by atoms with van der Waals surface area (Å²) in [5, 5.41) is 4.08. The molecule has 0 spiro atoms. The number of imidazole rings is 1. The maximum absolute atomic E-state index is 13.3. The van der Waals surface area contributed by atoms with Crippen LogP contribution in [0.25, 0.3) is 11.2 Å². The van der Waals surface area contributed by atoms with Gasteiger partial charge in [0.1, 0.15) is 0 Å². The van der Waals surface area contributed by atoms with Crippen molar-refractivity contribution in [1.29, 1.82) is 0 Å². The fourth-order valence-corrected chi connectivity index (χ4v) is 4.26. The fourth-order valence-electron chi connectivity index (χ4n) is 3.79. The quantitative estimate of drug-likeness (QED) is 0.464. The van der Waals surface area contributed by atoms with E-state index in [9.17, 15) is 9.59 Å².